The molecule has 0 radical (unpaired) electrons. The Balaban J connectivity index is 2.30. The molecule has 0 fully saturated rings. The van der Waals surface area contributed by atoms with Crippen molar-refractivity contribution in [2.45, 2.75) is 11.4 Å². The van der Waals surface area contributed by atoms with Gasteiger partial charge in [0.2, 0.25) is 10.0 Å². The van der Waals surface area contributed by atoms with Gasteiger partial charge in [0.15, 0.2) is 0 Å². The predicted octanol–water partition coefficient (Wildman–Crippen LogP) is 3.74. The maximum Gasteiger partial charge on any atom is 0.244 e. The summed E-state index contributed by atoms with van der Waals surface area (Å²) >= 11 is 6.57. The fraction of sp³-hybridized carbons (Fsp3) is 0.143. The van der Waals surface area contributed by atoms with Crippen LogP contribution in [0.5, 0.6) is 5.75 Å². The van der Waals surface area contributed by atoms with Crippen molar-refractivity contribution < 1.29 is 13.5 Å². The summed E-state index contributed by atoms with van der Waals surface area (Å²) in [4.78, 5) is 0.202. The minimum Gasteiger partial charge on any atom is -0.508 e. The summed E-state index contributed by atoms with van der Waals surface area (Å²) in [6.07, 6.45) is 0. The monoisotopic (exact) mass is 433 g/mol. The highest BCUT2D eigenvalue weighted by molar-refractivity contribution is 9.11. The van der Waals surface area contributed by atoms with Crippen LogP contribution in [0.15, 0.2) is 56.3 Å². The number of hydrogen-bond donors (Lipinski definition) is 1. The summed E-state index contributed by atoms with van der Waals surface area (Å²) in [5.41, 5.74) is 0.717. The molecule has 0 unspecified atom stereocenters. The van der Waals surface area contributed by atoms with Crippen LogP contribution in [0, 0.1) is 0 Å². The van der Waals surface area contributed by atoms with E-state index in [0.29, 0.717) is 10.0 Å². The van der Waals surface area contributed by atoms with Gasteiger partial charge in [0, 0.05) is 22.5 Å². The lowest BCUT2D eigenvalue weighted by atomic mass is 10.2. The number of hydrogen-bond acceptors (Lipinski definition) is 3. The van der Waals surface area contributed by atoms with Gasteiger partial charge >= 0.3 is 0 Å². The van der Waals surface area contributed by atoms with E-state index < -0.39 is 10.0 Å². The molecule has 0 bridgehead atoms. The molecule has 0 amide bonds. The van der Waals surface area contributed by atoms with Crippen molar-refractivity contribution in [2.75, 3.05) is 7.05 Å². The van der Waals surface area contributed by atoms with Crippen molar-refractivity contribution in [1.82, 2.24) is 4.31 Å². The standard InChI is InChI=1S/C14H13Br2NO3S/c1-17(9-10-3-2-4-12(18)7-10)21(19,20)14-6-5-11(15)8-13(14)16/h2-8,18H,9H2,1H3. The normalized spacial score (nSPS) is 11.8. The smallest absolute Gasteiger partial charge is 0.244 e. The van der Waals surface area contributed by atoms with Crippen molar-refractivity contribution in [2.24, 2.45) is 0 Å². The zero-order valence-corrected chi connectivity index (χ0v) is 15.1. The Labute approximate surface area is 140 Å². The van der Waals surface area contributed by atoms with E-state index in [0.717, 1.165) is 4.47 Å². The van der Waals surface area contributed by atoms with Gasteiger partial charge in [-0.1, -0.05) is 28.1 Å². The Bertz CT molecular complexity index is 763. The van der Waals surface area contributed by atoms with Crippen LogP contribution in [0.3, 0.4) is 0 Å². The van der Waals surface area contributed by atoms with Crippen molar-refractivity contribution in [3.05, 3.63) is 57.0 Å². The van der Waals surface area contributed by atoms with Crippen LogP contribution in [0.25, 0.3) is 0 Å². The molecule has 0 spiro atoms. The second-order valence-electron chi connectivity index (χ2n) is 4.51. The zero-order valence-electron chi connectivity index (χ0n) is 11.1. The SMILES string of the molecule is CN(Cc1cccc(O)c1)S(=O)(=O)c1ccc(Br)cc1Br. The van der Waals surface area contributed by atoms with Crippen LogP contribution < -0.4 is 0 Å². The van der Waals surface area contributed by atoms with Gasteiger partial charge in [-0.05, 0) is 51.8 Å². The number of halogens is 2. The van der Waals surface area contributed by atoms with Crippen molar-refractivity contribution >= 4 is 41.9 Å². The average Bonchev–Trinajstić information content (AvgIpc) is 2.38. The highest BCUT2D eigenvalue weighted by atomic mass is 79.9. The number of nitrogens with zero attached hydrogens (tertiary/aromatic N) is 1. The topological polar surface area (TPSA) is 57.6 Å². The lowest BCUT2D eigenvalue weighted by molar-refractivity contribution is 0.458. The van der Waals surface area contributed by atoms with Crippen molar-refractivity contribution in [3.8, 4) is 5.75 Å². The Hall–Kier alpha value is -0.890. The number of benzene rings is 2. The Morgan fingerprint density at radius 1 is 1.14 bits per heavy atom. The van der Waals surface area contributed by atoms with Gasteiger partial charge in [-0.3, -0.25) is 0 Å². The van der Waals surface area contributed by atoms with Crippen LogP contribution in [-0.2, 0) is 16.6 Å². The summed E-state index contributed by atoms with van der Waals surface area (Å²) in [5, 5.41) is 9.44. The van der Waals surface area contributed by atoms with Gasteiger partial charge in [-0.2, -0.15) is 4.31 Å². The van der Waals surface area contributed by atoms with E-state index in [9.17, 15) is 13.5 Å². The first-order valence-electron chi connectivity index (χ1n) is 6.00. The third kappa shape index (κ3) is 3.85. The maximum atomic E-state index is 12.6. The highest BCUT2D eigenvalue weighted by Gasteiger charge is 2.23. The maximum absolute atomic E-state index is 12.6. The highest BCUT2D eigenvalue weighted by Crippen LogP contribution is 2.28. The van der Waals surface area contributed by atoms with Gasteiger partial charge in [0.1, 0.15) is 5.75 Å². The first-order valence-corrected chi connectivity index (χ1v) is 9.02. The molecule has 0 saturated heterocycles. The second-order valence-corrected chi connectivity index (χ2v) is 8.29. The molecule has 0 heterocycles. The fourth-order valence-electron chi connectivity index (χ4n) is 1.85. The first kappa shape index (κ1) is 16.5. The lowest BCUT2D eigenvalue weighted by Gasteiger charge is -2.18. The van der Waals surface area contributed by atoms with Gasteiger partial charge in [-0.15, -0.1) is 0 Å². The third-order valence-corrected chi connectivity index (χ3v) is 6.17. The minimum absolute atomic E-state index is 0.114. The molecule has 0 atom stereocenters. The van der Waals surface area contributed by atoms with E-state index in [-0.39, 0.29) is 17.2 Å². The molecule has 7 heteroatoms. The van der Waals surface area contributed by atoms with Crippen molar-refractivity contribution in [1.29, 1.82) is 0 Å². The van der Waals surface area contributed by atoms with Crippen LogP contribution >= 0.6 is 31.9 Å². The summed E-state index contributed by atoms with van der Waals surface area (Å²) < 4.78 is 27.7. The molecule has 0 saturated carbocycles. The molecule has 0 aliphatic heterocycles. The summed E-state index contributed by atoms with van der Waals surface area (Å²) in [7, 11) is -2.11. The molecular weight excluding hydrogens is 422 g/mol. The lowest BCUT2D eigenvalue weighted by Crippen LogP contribution is -2.26. The van der Waals surface area contributed by atoms with Gasteiger partial charge in [0.05, 0.1) is 4.90 Å². The quantitative estimate of drug-likeness (QED) is 0.797. The largest absolute Gasteiger partial charge is 0.508 e. The third-order valence-electron chi connectivity index (χ3n) is 2.90. The van der Waals surface area contributed by atoms with E-state index in [1.165, 1.54) is 11.4 Å². The molecule has 21 heavy (non-hydrogen) atoms. The minimum atomic E-state index is -3.61. The number of sulfonamides is 1. The summed E-state index contributed by atoms with van der Waals surface area (Å²) in [6.45, 7) is 0.180. The van der Waals surface area contributed by atoms with Gasteiger partial charge in [-0.25, -0.2) is 8.42 Å². The molecular formula is C14H13Br2NO3S. The molecule has 1 N–H and O–H groups in total. The van der Waals surface area contributed by atoms with Crippen LogP contribution in [0.4, 0.5) is 0 Å². The Kier molecular flexibility index (Phi) is 5.08. The second kappa shape index (κ2) is 6.48. The van der Waals surface area contributed by atoms with E-state index >= 15 is 0 Å². The average molecular weight is 435 g/mol. The van der Waals surface area contributed by atoms with E-state index in [4.69, 9.17) is 0 Å². The number of rotatable bonds is 4. The molecule has 0 aromatic heterocycles. The van der Waals surface area contributed by atoms with Crippen LogP contribution in [-0.4, -0.2) is 24.9 Å². The van der Waals surface area contributed by atoms with E-state index in [1.54, 1.807) is 42.5 Å². The molecule has 2 rings (SSSR count). The molecule has 0 aliphatic carbocycles. The van der Waals surface area contributed by atoms with E-state index in [2.05, 4.69) is 31.9 Å². The van der Waals surface area contributed by atoms with Crippen LogP contribution in [0.1, 0.15) is 5.56 Å². The Morgan fingerprint density at radius 2 is 1.86 bits per heavy atom. The predicted molar refractivity (Wildman–Crippen MR) is 88.6 cm³/mol. The Morgan fingerprint density at radius 3 is 2.48 bits per heavy atom. The van der Waals surface area contributed by atoms with Crippen LogP contribution in [0.2, 0.25) is 0 Å². The zero-order chi connectivity index (χ0) is 15.6. The number of phenols is 1. The number of phenolic OH excluding ortho intramolecular Hbond substituents is 1. The van der Waals surface area contributed by atoms with Gasteiger partial charge < -0.3 is 5.11 Å². The molecule has 2 aromatic carbocycles. The molecule has 112 valence electrons. The van der Waals surface area contributed by atoms with Gasteiger partial charge in [0.25, 0.3) is 0 Å². The van der Waals surface area contributed by atoms with Crippen molar-refractivity contribution in [3.63, 3.8) is 0 Å². The molecule has 2 aromatic rings. The fourth-order valence-corrected chi connectivity index (χ4v) is 4.71. The summed E-state index contributed by atoms with van der Waals surface area (Å²) in [5.74, 6) is 0.114. The van der Waals surface area contributed by atoms with E-state index in [1.807, 2.05) is 0 Å². The first-order chi connectivity index (χ1) is 9.80. The summed E-state index contributed by atoms with van der Waals surface area (Å²) in [6, 6.07) is 11.5. The molecule has 4 nitrogen and oxygen atoms in total. The molecule has 0 aliphatic rings. The number of aromatic hydroxyl groups is 1.